The third-order valence-electron chi connectivity index (χ3n) is 4.76. The van der Waals surface area contributed by atoms with E-state index in [1.54, 1.807) is 0 Å². The van der Waals surface area contributed by atoms with Gasteiger partial charge in [-0.15, -0.1) is 0 Å². The number of alkyl halides is 3. The van der Waals surface area contributed by atoms with Crippen molar-refractivity contribution in [3.63, 3.8) is 0 Å². The third kappa shape index (κ3) is 3.73. The highest BCUT2D eigenvalue weighted by molar-refractivity contribution is 5.96. The minimum atomic E-state index is -4.43. The highest BCUT2D eigenvalue weighted by atomic mass is 19.4. The van der Waals surface area contributed by atoms with E-state index in [9.17, 15) is 13.2 Å². The largest absolute Gasteiger partial charge is 0.416 e. The predicted molar refractivity (Wildman–Crippen MR) is 114 cm³/mol. The number of aromatic nitrogens is 4. The maximum atomic E-state index is 13.0. The molecular weight excluding hydrogens is 405 g/mol. The highest BCUT2D eigenvalue weighted by Crippen LogP contribution is 2.32. The fourth-order valence-electron chi connectivity index (χ4n) is 3.30. The molecule has 6 nitrogen and oxygen atoms in total. The second-order valence-electron chi connectivity index (χ2n) is 6.86. The molecule has 0 aliphatic rings. The van der Waals surface area contributed by atoms with Gasteiger partial charge in [0.05, 0.1) is 16.6 Å². The second-order valence-corrected chi connectivity index (χ2v) is 6.86. The molecule has 31 heavy (non-hydrogen) atoms. The lowest BCUT2D eigenvalue weighted by Gasteiger charge is -2.12. The zero-order valence-electron chi connectivity index (χ0n) is 15.9. The molecule has 0 aliphatic heterocycles. The highest BCUT2D eigenvalue weighted by Gasteiger charge is 2.30. The van der Waals surface area contributed by atoms with Crippen molar-refractivity contribution in [2.24, 2.45) is 0 Å². The number of rotatable bonds is 4. The molecule has 0 unspecified atom stereocenters. The van der Waals surface area contributed by atoms with Gasteiger partial charge >= 0.3 is 6.18 Å². The van der Waals surface area contributed by atoms with Crippen molar-refractivity contribution in [2.75, 3.05) is 10.6 Å². The fraction of sp³-hybridized carbons (Fsp3) is 0.0455. The van der Waals surface area contributed by atoms with E-state index in [0.717, 1.165) is 28.4 Å². The average molecular weight is 420 g/mol. The minimum Gasteiger partial charge on any atom is -0.324 e. The SMILES string of the molecule is FC(F)(F)c1cccc(Nc2nc(Nc3n[nH]c4ccccc34)c3ccccc3n2)c1. The molecule has 9 heteroatoms. The quantitative estimate of drug-likeness (QED) is 0.332. The molecule has 2 aromatic heterocycles. The summed E-state index contributed by atoms with van der Waals surface area (Å²) in [5.41, 5.74) is 0.987. The zero-order valence-corrected chi connectivity index (χ0v) is 15.9. The topological polar surface area (TPSA) is 78.5 Å². The first-order valence-corrected chi connectivity index (χ1v) is 9.38. The molecule has 154 valence electrons. The van der Waals surface area contributed by atoms with Crippen LogP contribution in [0.15, 0.2) is 72.8 Å². The molecule has 5 rings (SSSR count). The Kier molecular flexibility index (Phi) is 4.43. The van der Waals surface area contributed by atoms with Crippen LogP contribution in [0, 0.1) is 0 Å². The lowest BCUT2D eigenvalue weighted by molar-refractivity contribution is -0.137. The lowest BCUT2D eigenvalue weighted by atomic mass is 10.2. The van der Waals surface area contributed by atoms with Gasteiger partial charge in [-0.05, 0) is 42.5 Å². The van der Waals surface area contributed by atoms with Crippen LogP contribution in [0.5, 0.6) is 0 Å². The number of halogens is 3. The molecule has 3 aromatic carbocycles. The van der Waals surface area contributed by atoms with E-state index < -0.39 is 11.7 Å². The van der Waals surface area contributed by atoms with Crippen LogP contribution >= 0.6 is 0 Å². The Morgan fingerprint density at radius 1 is 0.742 bits per heavy atom. The summed E-state index contributed by atoms with van der Waals surface area (Å²) in [6.45, 7) is 0. The van der Waals surface area contributed by atoms with E-state index in [-0.39, 0.29) is 11.6 Å². The van der Waals surface area contributed by atoms with Crippen LogP contribution < -0.4 is 10.6 Å². The number of aromatic amines is 1. The van der Waals surface area contributed by atoms with Gasteiger partial charge in [0.25, 0.3) is 0 Å². The van der Waals surface area contributed by atoms with Gasteiger partial charge in [-0.3, -0.25) is 5.10 Å². The molecule has 0 spiro atoms. The maximum Gasteiger partial charge on any atom is 0.416 e. The number of H-pyrrole nitrogens is 1. The first-order valence-electron chi connectivity index (χ1n) is 9.38. The van der Waals surface area contributed by atoms with Gasteiger partial charge in [0.2, 0.25) is 5.95 Å². The Hall–Kier alpha value is -4.14. The third-order valence-corrected chi connectivity index (χ3v) is 4.76. The number of para-hydroxylation sites is 2. The Morgan fingerprint density at radius 2 is 1.52 bits per heavy atom. The van der Waals surface area contributed by atoms with Gasteiger partial charge in [-0.1, -0.05) is 30.3 Å². The van der Waals surface area contributed by atoms with E-state index in [4.69, 9.17) is 0 Å². The summed E-state index contributed by atoms with van der Waals surface area (Å²) in [5.74, 6) is 1.24. The second kappa shape index (κ2) is 7.28. The van der Waals surface area contributed by atoms with Crippen LogP contribution in [0.25, 0.3) is 21.8 Å². The zero-order chi connectivity index (χ0) is 21.4. The van der Waals surface area contributed by atoms with Crippen LogP contribution in [-0.4, -0.2) is 20.2 Å². The number of hydrogen-bond acceptors (Lipinski definition) is 5. The van der Waals surface area contributed by atoms with Crippen molar-refractivity contribution < 1.29 is 13.2 Å². The number of anilines is 4. The molecule has 5 aromatic rings. The molecule has 3 N–H and O–H groups in total. The molecule has 0 aliphatic carbocycles. The molecular formula is C22H15F3N6. The summed E-state index contributed by atoms with van der Waals surface area (Å²) in [6.07, 6.45) is -4.43. The smallest absolute Gasteiger partial charge is 0.324 e. The minimum absolute atomic E-state index is 0.167. The number of fused-ring (bicyclic) bond motifs is 2. The fourth-order valence-corrected chi connectivity index (χ4v) is 3.30. The van der Waals surface area contributed by atoms with Crippen molar-refractivity contribution in [1.82, 2.24) is 20.2 Å². The summed E-state index contributed by atoms with van der Waals surface area (Å²) < 4.78 is 39.1. The number of nitrogens with zero attached hydrogens (tertiary/aromatic N) is 3. The first kappa shape index (κ1) is 18.9. The molecule has 0 bridgehead atoms. The summed E-state index contributed by atoms with van der Waals surface area (Å²) in [5, 5.41) is 15.0. The van der Waals surface area contributed by atoms with Crippen LogP contribution in [0.4, 0.5) is 36.4 Å². The van der Waals surface area contributed by atoms with Crippen molar-refractivity contribution in [2.45, 2.75) is 6.18 Å². The summed E-state index contributed by atoms with van der Waals surface area (Å²) in [4.78, 5) is 8.94. The summed E-state index contributed by atoms with van der Waals surface area (Å²) >= 11 is 0. The summed E-state index contributed by atoms with van der Waals surface area (Å²) in [6, 6.07) is 19.9. The molecule has 0 radical (unpaired) electrons. The molecule has 0 amide bonds. The van der Waals surface area contributed by atoms with E-state index in [2.05, 4.69) is 30.8 Å². The molecule has 0 saturated carbocycles. The number of benzene rings is 3. The van der Waals surface area contributed by atoms with E-state index in [0.29, 0.717) is 17.2 Å². The van der Waals surface area contributed by atoms with Gasteiger partial charge in [0.1, 0.15) is 5.82 Å². The van der Waals surface area contributed by atoms with E-state index in [1.165, 1.54) is 12.1 Å². The maximum absolute atomic E-state index is 13.0. The van der Waals surface area contributed by atoms with Crippen molar-refractivity contribution >= 4 is 45.1 Å². The van der Waals surface area contributed by atoms with E-state index in [1.807, 2.05) is 48.5 Å². The normalized spacial score (nSPS) is 11.7. The summed E-state index contributed by atoms with van der Waals surface area (Å²) in [7, 11) is 0. The van der Waals surface area contributed by atoms with Gasteiger partial charge < -0.3 is 10.6 Å². The van der Waals surface area contributed by atoms with Crippen molar-refractivity contribution in [3.05, 3.63) is 78.4 Å². The van der Waals surface area contributed by atoms with Crippen LogP contribution in [0.2, 0.25) is 0 Å². The molecule has 2 heterocycles. The number of nitrogens with one attached hydrogen (secondary N) is 3. The van der Waals surface area contributed by atoms with Gasteiger partial charge in [0, 0.05) is 16.5 Å². The Bertz CT molecular complexity index is 1390. The van der Waals surface area contributed by atoms with Gasteiger partial charge in [-0.25, -0.2) is 4.98 Å². The molecule has 0 fully saturated rings. The van der Waals surface area contributed by atoms with Gasteiger partial charge in [0.15, 0.2) is 5.82 Å². The first-order chi connectivity index (χ1) is 15.0. The monoisotopic (exact) mass is 420 g/mol. The van der Waals surface area contributed by atoms with Crippen LogP contribution in [0.3, 0.4) is 0 Å². The average Bonchev–Trinajstić information content (AvgIpc) is 3.16. The Balaban J connectivity index is 1.55. The lowest BCUT2D eigenvalue weighted by Crippen LogP contribution is -2.06. The number of hydrogen-bond donors (Lipinski definition) is 3. The van der Waals surface area contributed by atoms with Crippen molar-refractivity contribution in [1.29, 1.82) is 0 Å². The van der Waals surface area contributed by atoms with Gasteiger partial charge in [-0.2, -0.15) is 23.3 Å². The molecule has 0 saturated heterocycles. The Morgan fingerprint density at radius 3 is 2.35 bits per heavy atom. The van der Waals surface area contributed by atoms with Crippen molar-refractivity contribution in [3.8, 4) is 0 Å². The standard InChI is InChI=1S/C22H15F3N6/c23-22(24,25)13-6-5-7-14(12-13)26-21-27-17-10-3-1-8-15(17)19(29-21)28-20-16-9-2-4-11-18(16)30-31-20/h1-12H,(H3,26,27,28,29,30,31). The van der Waals surface area contributed by atoms with E-state index >= 15 is 0 Å². The Labute approximate surface area is 174 Å². The predicted octanol–water partition coefficient (Wildman–Crippen LogP) is 6.01. The van der Waals surface area contributed by atoms with Crippen LogP contribution in [-0.2, 0) is 6.18 Å². The molecule has 0 atom stereocenters. The van der Waals surface area contributed by atoms with Crippen LogP contribution in [0.1, 0.15) is 5.56 Å².